The molecule has 0 aromatic rings. The Kier molecular flexibility index (Phi) is 5.50. The van der Waals surface area contributed by atoms with Crippen LogP contribution in [0.3, 0.4) is 0 Å². The maximum Gasteiger partial charge on any atom is 0.136 e. The van der Waals surface area contributed by atoms with Crippen LogP contribution in [0.5, 0.6) is 0 Å². The summed E-state index contributed by atoms with van der Waals surface area (Å²) < 4.78 is 0. The number of hydrogen-bond donors (Lipinski definition) is 0. The molecule has 160 valence electrons. The quantitative estimate of drug-likeness (QED) is 0.444. The van der Waals surface area contributed by atoms with Crippen molar-refractivity contribution in [1.29, 1.82) is 0 Å². The number of hydrogen-bond acceptors (Lipinski definition) is 1. The van der Waals surface area contributed by atoms with Crippen molar-refractivity contribution in [1.82, 2.24) is 0 Å². The minimum Gasteiger partial charge on any atom is -0.299 e. The molecule has 4 rings (SSSR count). The molecule has 0 bridgehead atoms. The van der Waals surface area contributed by atoms with Crippen molar-refractivity contribution in [2.45, 2.75) is 99.3 Å². The third-order valence-electron chi connectivity index (χ3n) is 9.52. The van der Waals surface area contributed by atoms with Crippen LogP contribution < -0.4 is 0 Å². The van der Waals surface area contributed by atoms with Crippen LogP contribution >= 0.6 is 0 Å². The predicted molar refractivity (Wildman–Crippen MR) is 123 cm³/mol. The molecular formula is C28H42O. The van der Waals surface area contributed by atoms with Gasteiger partial charge < -0.3 is 0 Å². The van der Waals surface area contributed by atoms with Crippen molar-refractivity contribution in [2.75, 3.05) is 0 Å². The van der Waals surface area contributed by atoms with Crippen LogP contribution in [-0.4, -0.2) is 5.78 Å². The molecule has 0 N–H and O–H groups in total. The zero-order valence-electron chi connectivity index (χ0n) is 19.7. The monoisotopic (exact) mass is 394 g/mol. The summed E-state index contributed by atoms with van der Waals surface area (Å²) in [5.41, 5.74) is 7.32. The summed E-state index contributed by atoms with van der Waals surface area (Å²) >= 11 is 0. The lowest BCUT2D eigenvalue weighted by Crippen LogP contribution is -2.45. The van der Waals surface area contributed by atoms with Gasteiger partial charge in [0.25, 0.3) is 0 Å². The topological polar surface area (TPSA) is 17.1 Å². The number of allylic oxidation sites excluding steroid dienone is 6. The highest BCUT2D eigenvalue weighted by Gasteiger charge is 2.53. The second-order valence-electron chi connectivity index (χ2n) is 11.6. The lowest BCUT2D eigenvalue weighted by atomic mass is 9.50. The number of carbonyl (C=O) groups excluding carboxylic acids is 1. The summed E-state index contributed by atoms with van der Waals surface area (Å²) in [7, 11) is 0. The van der Waals surface area contributed by atoms with E-state index in [0.717, 1.165) is 24.7 Å². The van der Waals surface area contributed by atoms with Crippen molar-refractivity contribution >= 4 is 5.78 Å². The molecule has 6 atom stereocenters. The number of Topliss-reactive ketones (excluding diaryl/α,β-unsaturated/α-hetero) is 1. The van der Waals surface area contributed by atoms with Gasteiger partial charge in [0.2, 0.25) is 0 Å². The first-order valence-corrected chi connectivity index (χ1v) is 12.3. The van der Waals surface area contributed by atoms with Crippen molar-refractivity contribution < 1.29 is 4.79 Å². The van der Waals surface area contributed by atoms with Crippen LogP contribution in [0.1, 0.15) is 99.3 Å². The largest absolute Gasteiger partial charge is 0.299 e. The molecule has 0 radical (unpaired) electrons. The minimum atomic E-state index is 0.247. The zero-order valence-corrected chi connectivity index (χ0v) is 19.7. The van der Waals surface area contributed by atoms with Gasteiger partial charge in [0, 0.05) is 12.3 Å². The third-order valence-corrected chi connectivity index (χ3v) is 9.52. The van der Waals surface area contributed by atoms with Crippen LogP contribution in [0.15, 0.2) is 34.4 Å². The Labute approximate surface area is 179 Å². The highest BCUT2D eigenvalue weighted by Crippen LogP contribution is 2.64. The maximum atomic E-state index is 12.4. The lowest BCUT2D eigenvalue weighted by molar-refractivity contribution is -0.129. The molecule has 1 heteroatoms. The number of rotatable bonds is 4. The molecule has 0 heterocycles. The van der Waals surface area contributed by atoms with E-state index in [1.165, 1.54) is 50.5 Å². The molecule has 0 amide bonds. The lowest BCUT2D eigenvalue weighted by Gasteiger charge is -2.54. The van der Waals surface area contributed by atoms with Crippen molar-refractivity contribution in [3.8, 4) is 0 Å². The molecule has 1 unspecified atom stereocenters. The fraction of sp³-hybridized carbons (Fsp3) is 0.750. The van der Waals surface area contributed by atoms with E-state index in [1.807, 2.05) is 0 Å². The second-order valence-corrected chi connectivity index (χ2v) is 11.6. The smallest absolute Gasteiger partial charge is 0.136 e. The maximum absolute atomic E-state index is 12.4. The zero-order chi connectivity index (χ0) is 21.0. The molecule has 1 fully saturated rings. The summed E-state index contributed by atoms with van der Waals surface area (Å²) in [5, 5.41) is 0. The SMILES string of the molecule is CC(C)=CCC[C@@H](C)[C@H]1CC=C2C3=C(CC[C@@]21C)[C@@]1(C)CC(C)C(=O)C[C@@H]1CC3. The van der Waals surface area contributed by atoms with Crippen LogP contribution in [0.25, 0.3) is 0 Å². The van der Waals surface area contributed by atoms with Crippen LogP contribution in [0, 0.1) is 34.5 Å². The van der Waals surface area contributed by atoms with Crippen molar-refractivity contribution in [3.63, 3.8) is 0 Å². The van der Waals surface area contributed by atoms with Gasteiger partial charge in [-0.2, -0.15) is 0 Å². The molecule has 0 aromatic carbocycles. The van der Waals surface area contributed by atoms with Crippen LogP contribution in [0.2, 0.25) is 0 Å². The Morgan fingerprint density at radius 1 is 1.24 bits per heavy atom. The first-order chi connectivity index (χ1) is 13.7. The molecular weight excluding hydrogens is 352 g/mol. The highest BCUT2D eigenvalue weighted by atomic mass is 16.1. The summed E-state index contributed by atoms with van der Waals surface area (Å²) in [6, 6.07) is 0. The van der Waals surface area contributed by atoms with Gasteiger partial charge in [0.1, 0.15) is 5.78 Å². The summed E-state index contributed by atoms with van der Waals surface area (Å²) in [5.74, 6) is 2.94. The Hall–Kier alpha value is -1.11. The molecule has 1 saturated carbocycles. The molecule has 0 saturated heterocycles. The van der Waals surface area contributed by atoms with Gasteiger partial charge in [-0.15, -0.1) is 0 Å². The van der Waals surface area contributed by atoms with Gasteiger partial charge in [-0.05, 0) is 105 Å². The fourth-order valence-electron chi connectivity index (χ4n) is 7.73. The number of ketones is 1. The predicted octanol–water partition coefficient (Wildman–Crippen LogP) is 7.83. The third kappa shape index (κ3) is 3.41. The molecule has 4 aliphatic rings. The van der Waals surface area contributed by atoms with E-state index in [4.69, 9.17) is 0 Å². The first-order valence-electron chi connectivity index (χ1n) is 12.3. The summed E-state index contributed by atoms with van der Waals surface area (Å²) in [6.45, 7) is 14.2. The van der Waals surface area contributed by atoms with E-state index in [-0.39, 0.29) is 11.3 Å². The molecule has 4 aliphatic carbocycles. The van der Waals surface area contributed by atoms with E-state index in [9.17, 15) is 4.79 Å². The summed E-state index contributed by atoms with van der Waals surface area (Å²) in [4.78, 5) is 12.4. The average molecular weight is 395 g/mol. The van der Waals surface area contributed by atoms with E-state index < -0.39 is 0 Å². The van der Waals surface area contributed by atoms with Crippen molar-refractivity contribution in [3.05, 3.63) is 34.4 Å². The van der Waals surface area contributed by atoms with Crippen molar-refractivity contribution in [2.24, 2.45) is 34.5 Å². The molecule has 0 aromatic heterocycles. The van der Waals surface area contributed by atoms with Crippen LogP contribution in [-0.2, 0) is 4.79 Å². The van der Waals surface area contributed by atoms with E-state index in [2.05, 4.69) is 53.7 Å². The van der Waals surface area contributed by atoms with Gasteiger partial charge in [-0.25, -0.2) is 0 Å². The van der Waals surface area contributed by atoms with E-state index >= 15 is 0 Å². The molecule has 29 heavy (non-hydrogen) atoms. The van der Waals surface area contributed by atoms with Gasteiger partial charge in [0.15, 0.2) is 0 Å². The van der Waals surface area contributed by atoms with E-state index in [0.29, 0.717) is 17.1 Å². The normalized spacial score (nSPS) is 40.0. The fourth-order valence-corrected chi connectivity index (χ4v) is 7.73. The molecule has 1 nitrogen and oxygen atoms in total. The Balaban J connectivity index is 1.59. The van der Waals surface area contributed by atoms with Gasteiger partial charge in [-0.3, -0.25) is 4.79 Å². The second kappa shape index (κ2) is 7.54. The average Bonchev–Trinajstić information content (AvgIpc) is 3.00. The number of fused-ring (bicyclic) bond motifs is 4. The molecule has 0 aliphatic heterocycles. The minimum absolute atomic E-state index is 0.247. The Morgan fingerprint density at radius 2 is 2.00 bits per heavy atom. The van der Waals surface area contributed by atoms with Gasteiger partial charge in [-0.1, -0.05) is 51.0 Å². The van der Waals surface area contributed by atoms with E-state index in [1.54, 1.807) is 16.7 Å². The first kappa shape index (κ1) is 21.1. The van der Waals surface area contributed by atoms with Gasteiger partial charge >= 0.3 is 0 Å². The Morgan fingerprint density at radius 3 is 2.72 bits per heavy atom. The van der Waals surface area contributed by atoms with Gasteiger partial charge in [0.05, 0.1) is 0 Å². The molecule has 0 spiro atoms. The Bertz CT molecular complexity index is 776. The van der Waals surface area contributed by atoms with Crippen LogP contribution in [0.4, 0.5) is 0 Å². The summed E-state index contributed by atoms with van der Waals surface area (Å²) in [6.07, 6.45) is 15.8. The standard InChI is InChI=1S/C28H42O/c1-18(2)8-7-9-19(3)23-12-13-24-22-11-10-21-16-26(29)20(4)17-28(21,6)25(22)14-15-27(23,24)5/h8,13,19-21,23H,7,9-12,14-17H2,1-6H3/t19-,20?,21+,23-,27-,28+/m1/s1. The number of carbonyl (C=O) groups is 1. The highest BCUT2D eigenvalue weighted by molar-refractivity contribution is 5.82.